The fourth-order valence-electron chi connectivity index (χ4n) is 3.93. The van der Waals surface area contributed by atoms with E-state index in [0.29, 0.717) is 55.3 Å². The van der Waals surface area contributed by atoms with Crippen molar-refractivity contribution in [3.8, 4) is 22.8 Å². The maximum absolute atomic E-state index is 14.5. The Hall–Kier alpha value is -3.13. The van der Waals surface area contributed by atoms with E-state index in [0.717, 1.165) is 17.0 Å². The summed E-state index contributed by atoms with van der Waals surface area (Å²) in [5, 5.41) is 13.1. The number of aliphatic carboxylic acids is 1. The standard InChI is InChI=1S/C24H27FN4O3/c1-4-21-19(8-7-18(26-21)13-29-11-17(12-29)24(30)31)22-27-23(32-28-22)16-6-5-15(9-14(2)3)20(25)10-16/h5-8,10,14,17H,4,9,11-13H2,1-3H3,(H,30,31). The van der Waals surface area contributed by atoms with E-state index in [1.807, 2.05) is 19.1 Å². The van der Waals surface area contributed by atoms with Crippen molar-refractivity contribution in [3.05, 3.63) is 53.1 Å². The van der Waals surface area contributed by atoms with Gasteiger partial charge in [0.25, 0.3) is 5.89 Å². The highest BCUT2D eigenvalue weighted by molar-refractivity contribution is 5.71. The Balaban J connectivity index is 1.51. The van der Waals surface area contributed by atoms with Crippen LogP contribution in [-0.2, 0) is 24.2 Å². The molecule has 8 heteroatoms. The molecule has 1 aliphatic rings. The van der Waals surface area contributed by atoms with Crippen LogP contribution in [0.4, 0.5) is 4.39 Å². The third-order valence-corrected chi connectivity index (χ3v) is 5.65. The van der Waals surface area contributed by atoms with Crippen molar-refractivity contribution < 1.29 is 18.8 Å². The summed E-state index contributed by atoms with van der Waals surface area (Å²) in [5.74, 6) is -0.262. The number of nitrogens with zero attached hydrogens (tertiary/aromatic N) is 4. The van der Waals surface area contributed by atoms with E-state index in [1.165, 1.54) is 6.07 Å². The largest absolute Gasteiger partial charge is 0.481 e. The molecule has 7 nitrogen and oxygen atoms in total. The van der Waals surface area contributed by atoms with Gasteiger partial charge in [-0.15, -0.1) is 0 Å². The number of carboxylic acids is 1. The minimum absolute atomic E-state index is 0.265. The zero-order valence-electron chi connectivity index (χ0n) is 18.5. The summed E-state index contributed by atoms with van der Waals surface area (Å²) in [5.41, 5.74) is 3.70. The molecule has 1 fully saturated rings. The second kappa shape index (κ2) is 9.16. The molecular weight excluding hydrogens is 411 g/mol. The first-order valence-corrected chi connectivity index (χ1v) is 10.9. The van der Waals surface area contributed by atoms with Crippen molar-refractivity contribution in [2.45, 2.75) is 40.2 Å². The number of likely N-dealkylation sites (tertiary alicyclic amines) is 1. The zero-order chi connectivity index (χ0) is 22.8. The number of carbonyl (C=O) groups is 1. The van der Waals surface area contributed by atoms with Crippen LogP contribution >= 0.6 is 0 Å². The molecule has 0 unspecified atom stereocenters. The number of rotatable bonds is 8. The molecule has 0 amide bonds. The van der Waals surface area contributed by atoms with E-state index in [2.05, 4.69) is 28.9 Å². The molecule has 0 atom stereocenters. The molecule has 2 aromatic heterocycles. The third kappa shape index (κ3) is 4.70. The summed E-state index contributed by atoms with van der Waals surface area (Å²) >= 11 is 0. The Labute approximate surface area is 186 Å². The van der Waals surface area contributed by atoms with Crippen LogP contribution in [-0.4, -0.2) is 44.2 Å². The summed E-state index contributed by atoms with van der Waals surface area (Å²) < 4.78 is 19.9. The van der Waals surface area contributed by atoms with Gasteiger partial charge in [-0.1, -0.05) is 32.0 Å². The molecular formula is C24H27FN4O3. The molecule has 1 N–H and O–H groups in total. The van der Waals surface area contributed by atoms with Crippen LogP contribution in [0.25, 0.3) is 22.8 Å². The fourth-order valence-corrected chi connectivity index (χ4v) is 3.93. The van der Waals surface area contributed by atoms with E-state index < -0.39 is 5.97 Å². The molecule has 3 aromatic rings. The monoisotopic (exact) mass is 438 g/mol. The second-order valence-electron chi connectivity index (χ2n) is 8.71. The zero-order valence-corrected chi connectivity index (χ0v) is 18.5. The summed E-state index contributed by atoms with van der Waals surface area (Å²) in [6, 6.07) is 8.83. The molecule has 0 radical (unpaired) electrons. The predicted octanol–water partition coefficient (Wildman–Crippen LogP) is 4.22. The van der Waals surface area contributed by atoms with E-state index in [4.69, 9.17) is 14.6 Å². The highest BCUT2D eigenvalue weighted by atomic mass is 19.1. The van der Waals surface area contributed by atoms with E-state index in [-0.39, 0.29) is 17.6 Å². The Bertz CT molecular complexity index is 1120. The van der Waals surface area contributed by atoms with Crippen LogP contribution in [0.1, 0.15) is 37.7 Å². The van der Waals surface area contributed by atoms with Gasteiger partial charge in [0.15, 0.2) is 0 Å². The molecule has 1 aliphatic heterocycles. The second-order valence-corrected chi connectivity index (χ2v) is 8.71. The average molecular weight is 439 g/mol. The van der Waals surface area contributed by atoms with Gasteiger partial charge in [-0.3, -0.25) is 14.7 Å². The maximum atomic E-state index is 14.5. The summed E-state index contributed by atoms with van der Waals surface area (Å²) in [7, 11) is 0. The van der Waals surface area contributed by atoms with Crippen molar-refractivity contribution in [2.75, 3.05) is 13.1 Å². The number of benzene rings is 1. The van der Waals surface area contributed by atoms with Gasteiger partial charge in [-0.05, 0) is 48.6 Å². The molecule has 0 bridgehead atoms. The van der Waals surface area contributed by atoms with Crippen molar-refractivity contribution in [1.29, 1.82) is 0 Å². The molecule has 4 rings (SSSR count). The number of hydrogen-bond acceptors (Lipinski definition) is 6. The molecule has 0 spiro atoms. The highest BCUT2D eigenvalue weighted by Gasteiger charge is 2.32. The van der Waals surface area contributed by atoms with E-state index >= 15 is 0 Å². The summed E-state index contributed by atoms with van der Waals surface area (Å²) in [4.78, 5) is 22.2. The first-order chi connectivity index (χ1) is 15.3. The van der Waals surface area contributed by atoms with E-state index in [1.54, 1.807) is 12.1 Å². The highest BCUT2D eigenvalue weighted by Crippen LogP contribution is 2.27. The number of aromatic nitrogens is 3. The summed E-state index contributed by atoms with van der Waals surface area (Å²) in [6.07, 6.45) is 1.36. The Morgan fingerprint density at radius 1 is 1.25 bits per heavy atom. The van der Waals surface area contributed by atoms with Gasteiger partial charge < -0.3 is 9.63 Å². The molecule has 168 valence electrons. The van der Waals surface area contributed by atoms with Gasteiger partial charge in [-0.25, -0.2) is 4.39 Å². The lowest BCUT2D eigenvalue weighted by Crippen LogP contribution is -2.49. The van der Waals surface area contributed by atoms with Gasteiger partial charge in [0.05, 0.1) is 17.3 Å². The van der Waals surface area contributed by atoms with Crippen LogP contribution in [0.2, 0.25) is 0 Å². The molecule has 0 saturated carbocycles. The van der Waals surface area contributed by atoms with Crippen LogP contribution in [0.3, 0.4) is 0 Å². The van der Waals surface area contributed by atoms with Gasteiger partial charge in [0.2, 0.25) is 5.82 Å². The van der Waals surface area contributed by atoms with Crippen molar-refractivity contribution >= 4 is 5.97 Å². The van der Waals surface area contributed by atoms with Gasteiger partial charge in [0, 0.05) is 30.8 Å². The lowest BCUT2D eigenvalue weighted by atomic mass is 10.0. The van der Waals surface area contributed by atoms with Crippen LogP contribution in [0, 0.1) is 17.7 Å². The number of pyridine rings is 1. The number of carboxylic acid groups (broad SMARTS) is 1. The van der Waals surface area contributed by atoms with Crippen LogP contribution in [0.15, 0.2) is 34.9 Å². The SMILES string of the molecule is CCc1nc(CN2CC(C(=O)O)C2)ccc1-c1noc(-c2ccc(CC(C)C)c(F)c2)n1. The molecule has 32 heavy (non-hydrogen) atoms. The fraction of sp³-hybridized carbons (Fsp3) is 0.417. The van der Waals surface area contributed by atoms with Gasteiger partial charge >= 0.3 is 5.97 Å². The maximum Gasteiger partial charge on any atom is 0.309 e. The van der Waals surface area contributed by atoms with E-state index in [9.17, 15) is 9.18 Å². The minimum atomic E-state index is -0.749. The molecule has 1 saturated heterocycles. The Morgan fingerprint density at radius 3 is 2.69 bits per heavy atom. The van der Waals surface area contributed by atoms with Gasteiger partial charge in [-0.2, -0.15) is 4.98 Å². The predicted molar refractivity (Wildman–Crippen MR) is 117 cm³/mol. The molecule has 0 aliphatic carbocycles. The lowest BCUT2D eigenvalue weighted by molar-refractivity contribution is -0.147. The number of halogens is 1. The Morgan fingerprint density at radius 2 is 2.03 bits per heavy atom. The quantitative estimate of drug-likeness (QED) is 0.563. The topological polar surface area (TPSA) is 92.4 Å². The normalized spacial score (nSPS) is 14.7. The van der Waals surface area contributed by atoms with Crippen molar-refractivity contribution in [3.63, 3.8) is 0 Å². The first-order valence-electron chi connectivity index (χ1n) is 10.9. The number of hydrogen-bond donors (Lipinski definition) is 1. The average Bonchev–Trinajstić information content (AvgIpc) is 3.21. The minimum Gasteiger partial charge on any atom is -0.481 e. The van der Waals surface area contributed by atoms with Crippen LogP contribution < -0.4 is 0 Å². The first kappa shape index (κ1) is 22.1. The van der Waals surface area contributed by atoms with Crippen molar-refractivity contribution in [2.24, 2.45) is 11.8 Å². The molecule has 3 heterocycles. The molecule has 1 aromatic carbocycles. The smallest absolute Gasteiger partial charge is 0.309 e. The summed E-state index contributed by atoms with van der Waals surface area (Å²) in [6.45, 7) is 7.80. The Kier molecular flexibility index (Phi) is 6.32. The van der Waals surface area contributed by atoms with Crippen molar-refractivity contribution in [1.82, 2.24) is 20.0 Å². The van der Waals surface area contributed by atoms with Gasteiger partial charge in [0.1, 0.15) is 5.82 Å². The third-order valence-electron chi connectivity index (χ3n) is 5.65. The lowest BCUT2D eigenvalue weighted by Gasteiger charge is -2.36. The number of aryl methyl sites for hydroxylation is 1. The van der Waals surface area contributed by atoms with Crippen LogP contribution in [0.5, 0.6) is 0 Å².